The van der Waals surface area contributed by atoms with Crippen molar-refractivity contribution in [1.29, 1.82) is 0 Å². The lowest BCUT2D eigenvalue weighted by molar-refractivity contribution is 0.185. The number of urea groups is 1. The Morgan fingerprint density at radius 2 is 1.90 bits per heavy atom. The third kappa shape index (κ3) is 4.16. The summed E-state index contributed by atoms with van der Waals surface area (Å²) in [7, 11) is 0. The molecule has 4 rings (SSSR count). The molecule has 0 aromatic heterocycles. The van der Waals surface area contributed by atoms with Crippen LogP contribution in [0.4, 0.5) is 22.4 Å². The van der Waals surface area contributed by atoms with Crippen LogP contribution in [-0.2, 0) is 6.42 Å². The Morgan fingerprint density at radius 1 is 1.20 bits per heavy atom. The van der Waals surface area contributed by atoms with Crippen LogP contribution in [0.25, 0.3) is 11.1 Å². The quantitative estimate of drug-likeness (QED) is 0.660. The molecular weight excluding hydrogens is 396 g/mol. The van der Waals surface area contributed by atoms with Gasteiger partial charge in [-0.2, -0.15) is 0 Å². The molecule has 1 saturated heterocycles. The molecule has 3 nitrogen and oxygen atoms in total. The number of alkyl halides is 1. The molecule has 2 aromatic rings. The molecule has 1 heterocycles. The monoisotopic (exact) mass is 420 g/mol. The molecular formula is C23H24F4N2O. The standard InChI is InChI=1S/C23H24F4N2O/c1-14(12-24)28-22(30)29-13-23(5-6-23)11-19(29)9-15-3-2-4-20(21(15)27)16-7-17(25)10-18(26)8-16/h2-4,7-8,10,14,19H,5-6,9,11-13H2,1H3,(H,28,30)/t14-,19?/m1/s1. The number of benzene rings is 2. The highest BCUT2D eigenvalue weighted by atomic mass is 19.1. The van der Waals surface area contributed by atoms with Gasteiger partial charge < -0.3 is 10.2 Å². The molecule has 1 spiro atoms. The molecule has 0 bridgehead atoms. The number of nitrogens with one attached hydrogen (secondary N) is 1. The van der Waals surface area contributed by atoms with Gasteiger partial charge in [0.25, 0.3) is 0 Å². The lowest BCUT2D eigenvalue weighted by Crippen LogP contribution is -2.47. The molecule has 2 atom stereocenters. The molecule has 2 aliphatic rings. The van der Waals surface area contributed by atoms with Crippen LogP contribution >= 0.6 is 0 Å². The summed E-state index contributed by atoms with van der Waals surface area (Å²) in [6.45, 7) is 1.52. The minimum atomic E-state index is -0.772. The minimum Gasteiger partial charge on any atom is -0.333 e. The molecule has 1 aliphatic heterocycles. The zero-order valence-electron chi connectivity index (χ0n) is 16.7. The maximum absolute atomic E-state index is 15.3. The van der Waals surface area contributed by atoms with Crippen LogP contribution < -0.4 is 5.32 Å². The third-order valence-electron chi connectivity index (χ3n) is 6.14. The van der Waals surface area contributed by atoms with Gasteiger partial charge in [0.2, 0.25) is 0 Å². The van der Waals surface area contributed by atoms with Crippen molar-refractivity contribution in [3.05, 3.63) is 59.4 Å². The van der Waals surface area contributed by atoms with Crippen LogP contribution in [0.3, 0.4) is 0 Å². The normalized spacial score (nSPS) is 20.4. The Hall–Kier alpha value is -2.57. The van der Waals surface area contributed by atoms with E-state index in [1.54, 1.807) is 24.0 Å². The summed E-state index contributed by atoms with van der Waals surface area (Å²) in [6.07, 6.45) is 3.10. The van der Waals surface area contributed by atoms with Crippen molar-refractivity contribution in [1.82, 2.24) is 10.2 Å². The molecule has 1 N–H and O–H groups in total. The van der Waals surface area contributed by atoms with Crippen LogP contribution in [-0.4, -0.2) is 36.2 Å². The summed E-state index contributed by atoms with van der Waals surface area (Å²) < 4.78 is 55.3. The average Bonchev–Trinajstić information content (AvgIpc) is 3.35. The Kier molecular flexibility index (Phi) is 5.47. The van der Waals surface area contributed by atoms with Crippen molar-refractivity contribution in [2.75, 3.05) is 13.2 Å². The number of hydrogen-bond donors (Lipinski definition) is 1. The first-order valence-corrected chi connectivity index (χ1v) is 10.2. The zero-order valence-corrected chi connectivity index (χ0v) is 16.7. The summed E-state index contributed by atoms with van der Waals surface area (Å²) in [5.74, 6) is -2.09. The maximum atomic E-state index is 15.3. The van der Waals surface area contributed by atoms with E-state index in [4.69, 9.17) is 0 Å². The Balaban J connectivity index is 1.59. The number of carbonyl (C=O) groups is 1. The SMILES string of the molecule is C[C@H](CF)NC(=O)N1CC2(CC2)CC1Cc1cccc(-c2cc(F)cc(F)c2)c1F. The van der Waals surface area contributed by atoms with E-state index in [1.165, 1.54) is 6.07 Å². The van der Waals surface area contributed by atoms with E-state index < -0.39 is 30.2 Å². The van der Waals surface area contributed by atoms with Gasteiger partial charge in [-0.3, -0.25) is 0 Å². The smallest absolute Gasteiger partial charge is 0.317 e. The highest BCUT2D eigenvalue weighted by Crippen LogP contribution is 2.55. The van der Waals surface area contributed by atoms with Gasteiger partial charge in [0, 0.05) is 24.2 Å². The molecule has 2 aromatic carbocycles. The van der Waals surface area contributed by atoms with E-state index in [9.17, 15) is 18.0 Å². The largest absolute Gasteiger partial charge is 0.333 e. The van der Waals surface area contributed by atoms with Gasteiger partial charge >= 0.3 is 6.03 Å². The average molecular weight is 420 g/mol. The number of carbonyl (C=O) groups excluding carboxylic acids is 1. The summed E-state index contributed by atoms with van der Waals surface area (Å²) in [5, 5.41) is 2.65. The van der Waals surface area contributed by atoms with Crippen LogP contribution in [0.2, 0.25) is 0 Å². The van der Waals surface area contributed by atoms with E-state index in [0.29, 0.717) is 12.1 Å². The fourth-order valence-electron chi connectivity index (χ4n) is 4.38. The van der Waals surface area contributed by atoms with Crippen molar-refractivity contribution in [2.24, 2.45) is 5.41 Å². The number of nitrogens with zero attached hydrogens (tertiary/aromatic N) is 1. The van der Waals surface area contributed by atoms with Gasteiger partial charge in [-0.25, -0.2) is 22.4 Å². The van der Waals surface area contributed by atoms with Crippen molar-refractivity contribution >= 4 is 6.03 Å². The highest BCUT2D eigenvalue weighted by Gasteiger charge is 2.53. The van der Waals surface area contributed by atoms with E-state index >= 15 is 4.39 Å². The van der Waals surface area contributed by atoms with Gasteiger partial charge in [0.15, 0.2) is 0 Å². The first kappa shape index (κ1) is 20.7. The Bertz CT molecular complexity index is 940. The van der Waals surface area contributed by atoms with Gasteiger partial charge in [0.1, 0.15) is 24.1 Å². The zero-order chi connectivity index (χ0) is 21.5. The summed E-state index contributed by atoms with van der Waals surface area (Å²) >= 11 is 0. The number of halogens is 4. The predicted molar refractivity (Wildman–Crippen MR) is 106 cm³/mol. The topological polar surface area (TPSA) is 32.3 Å². The molecule has 0 radical (unpaired) electrons. The molecule has 1 unspecified atom stereocenters. The van der Waals surface area contributed by atoms with E-state index in [-0.39, 0.29) is 35.0 Å². The first-order valence-electron chi connectivity index (χ1n) is 10.2. The maximum Gasteiger partial charge on any atom is 0.317 e. The Morgan fingerprint density at radius 3 is 2.53 bits per heavy atom. The second-order valence-corrected chi connectivity index (χ2v) is 8.63. The number of amides is 2. The van der Waals surface area contributed by atoms with E-state index in [2.05, 4.69) is 5.32 Å². The van der Waals surface area contributed by atoms with Crippen molar-refractivity contribution in [3.8, 4) is 11.1 Å². The van der Waals surface area contributed by atoms with Gasteiger partial charge in [-0.1, -0.05) is 18.2 Å². The molecule has 7 heteroatoms. The van der Waals surface area contributed by atoms with Gasteiger partial charge in [-0.05, 0) is 61.3 Å². The van der Waals surface area contributed by atoms with Crippen LogP contribution in [0.5, 0.6) is 0 Å². The molecule has 2 fully saturated rings. The van der Waals surface area contributed by atoms with Gasteiger partial charge in [0.05, 0.1) is 6.04 Å². The minimum absolute atomic E-state index is 0.0841. The van der Waals surface area contributed by atoms with Crippen LogP contribution in [0.1, 0.15) is 31.7 Å². The van der Waals surface area contributed by atoms with Crippen LogP contribution in [0, 0.1) is 22.9 Å². The summed E-state index contributed by atoms with van der Waals surface area (Å²) in [5.41, 5.74) is 0.715. The second-order valence-electron chi connectivity index (χ2n) is 8.63. The third-order valence-corrected chi connectivity index (χ3v) is 6.14. The molecule has 1 saturated carbocycles. The number of likely N-dealkylation sites (tertiary alicyclic amines) is 1. The van der Waals surface area contributed by atoms with E-state index in [1.807, 2.05) is 0 Å². The second kappa shape index (κ2) is 7.93. The van der Waals surface area contributed by atoms with E-state index in [0.717, 1.165) is 37.5 Å². The summed E-state index contributed by atoms with van der Waals surface area (Å²) in [4.78, 5) is 14.3. The number of hydrogen-bond acceptors (Lipinski definition) is 1. The van der Waals surface area contributed by atoms with Crippen molar-refractivity contribution < 1.29 is 22.4 Å². The van der Waals surface area contributed by atoms with Crippen molar-refractivity contribution in [2.45, 2.75) is 44.7 Å². The number of rotatable bonds is 5. The van der Waals surface area contributed by atoms with Gasteiger partial charge in [-0.15, -0.1) is 0 Å². The molecule has 30 heavy (non-hydrogen) atoms. The first-order chi connectivity index (χ1) is 14.3. The van der Waals surface area contributed by atoms with Crippen LogP contribution in [0.15, 0.2) is 36.4 Å². The molecule has 160 valence electrons. The molecule has 2 amide bonds. The summed E-state index contributed by atoms with van der Waals surface area (Å²) in [6, 6.07) is 6.56. The Labute approximate surface area is 173 Å². The van der Waals surface area contributed by atoms with Crippen molar-refractivity contribution in [3.63, 3.8) is 0 Å². The lowest BCUT2D eigenvalue weighted by Gasteiger charge is -2.26. The lowest BCUT2D eigenvalue weighted by atomic mass is 9.95. The fourth-order valence-corrected chi connectivity index (χ4v) is 4.38. The highest BCUT2D eigenvalue weighted by molar-refractivity contribution is 5.75. The molecule has 1 aliphatic carbocycles. The fraction of sp³-hybridized carbons (Fsp3) is 0.435. The predicted octanol–water partition coefficient (Wildman–Crippen LogP) is 5.24.